The van der Waals surface area contributed by atoms with Crippen molar-refractivity contribution in [2.75, 3.05) is 0 Å². The van der Waals surface area contributed by atoms with E-state index in [0.717, 1.165) is 25.5 Å². The molecule has 0 bridgehead atoms. The maximum Gasteiger partial charge on any atom is 0.394 e. The molecule has 0 aliphatic rings. The number of rotatable bonds is 6. The van der Waals surface area contributed by atoms with Crippen molar-refractivity contribution in [1.82, 2.24) is 14.8 Å². The van der Waals surface area contributed by atoms with Gasteiger partial charge in [-0.1, -0.05) is 13.8 Å². The van der Waals surface area contributed by atoms with E-state index in [1.807, 2.05) is 6.92 Å². The lowest BCUT2D eigenvalue weighted by molar-refractivity contribution is -0.211. The van der Waals surface area contributed by atoms with E-state index in [1.54, 1.807) is 17.8 Å². The molecule has 0 unspecified atom stereocenters. The molecule has 0 atom stereocenters. The Balaban J connectivity index is 2.50. The van der Waals surface area contributed by atoms with Gasteiger partial charge in [-0.3, -0.25) is 9.67 Å². The SMILES string of the molecule is CCn1ncc(C)c1-c1cnc(CC(C)(C)C(F)(F)F)cc1OC(F)F. The van der Waals surface area contributed by atoms with E-state index in [-0.39, 0.29) is 17.0 Å². The minimum Gasteiger partial charge on any atom is -0.434 e. The molecule has 26 heavy (non-hydrogen) atoms. The van der Waals surface area contributed by atoms with Crippen LogP contribution in [0.2, 0.25) is 0 Å². The molecular weight excluding hydrogens is 357 g/mol. The standard InChI is InChI=1S/C17H20F5N3O/c1-5-25-14(10(2)8-24-25)12-9-23-11(6-13(12)26-15(18)19)7-16(3,4)17(20,21)22/h6,8-9,15H,5,7H2,1-4H3. The second-order valence-corrected chi connectivity index (χ2v) is 6.60. The van der Waals surface area contributed by atoms with Gasteiger partial charge in [0.05, 0.1) is 22.9 Å². The molecule has 2 rings (SSSR count). The summed E-state index contributed by atoms with van der Waals surface area (Å²) in [5.41, 5.74) is -0.513. The molecule has 0 aliphatic heterocycles. The van der Waals surface area contributed by atoms with Gasteiger partial charge in [0.25, 0.3) is 0 Å². The minimum absolute atomic E-state index is 0.0203. The Morgan fingerprint density at radius 1 is 1.19 bits per heavy atom. The Morgan fingerprint density at radius 2 is 1.85 bits per heavy atom. The summed E-state index contributed by atoms with van der Waals surface area (Å²) in [6, 6.07) is 1.14. The molecule has 0 aromatic carbocycles. The number of halogens is 5. The van der Waals surface area contributed by atoms with Gasteiger partial charge in [0.2, 0.25) is 0 Å². The lowest BCUT2D eigenvalue weighted by Gasteiger charge is -2.27. The number of aromatic nitrogens is 3. The molecule has 144 valence electrons. The fourth-order valence-corrected chi connectivity index (χ4v) is 2.57. The van der Waals surface area contributed by atoms with Crippen molar-refractivity contribution in [2.24, 2.45) is 5.41 Å². The molecule has 9 heteroatoms. The molecular formula is C17H20F5N3O. The van der Waals surface area contributed by atoms with Crippen molar-refractivity contribution in [2.45, 2.75) is 53.4 Å². The number of nitrogens with zero attached hydrogens (tertiary/aromatic N) is 3. The average Bonchev–Trinajstić information content (AvgIpc) is 2.86. The van der Waals surface area contributed by atoms with E-state index >= 15 is 0 Å². The molecule has 0 saturated carbocycles. The zero-order valence-electron chi connectivity index (χ0n) is 14.9. The number of hydrogen-bond donors (Lipinski definition) is 0. The van der Waals surface area contributed by atoms with Crippen LogP contribution in [0.25, 0.3) is 11.3 Å². The first-order chi connectivity index (χ1) is 12.0. The van der Waals surface area contributed by atoms with Crippen LogP contribution in [0.4, 0.5) is 22.0 Å². The normalized spacial score (nSPS) is 12.7. The average molecular weight is 377 g/mol. The molecule has 0 N–H and O–H groups in total. The highest BCUT2D eigenvalue weighted by atomic mass is 19.4. The van der Waals surface area contributed by atoms with Gasteiger partial charge >= 0.3 is 12.8 Å². The minimum atomic E-state index is -4.45. The predicted molar refractivity (Wildman–Crippen MR) is 86.0 cm³/mol. The van der Waals surface area contributed by atoms with E-state index in [4.69, 9.17) is 0 Å². The molecule has 2 aromatic rings. The largest absolute Gasteiger partial charge is 0.434 e. The molecule has 2 aromatic heterocycles. The van der Waals surface area contributed by atoms with Crippen LogP contribution in [0.1, 0.15) is 32.0 Å². The molecule has 0 spiro atoms. The van der Waals surface area contributed by atoms with E-state index in [2.05, 4.69) is 14.8 Å². The second kappa shape index (κ2) is 7.20. The predicted octanol–water partition coefficient (Wildman–Crippen LogP) is 5.01. The van der Waals surface area contributed by atoms with E-state index in [9.17, 15) is 22.0 Å². The van der Waals surface area contributed by atoms with E-state index in [0.29, 0.717) is 12.2 Å². The molecule has 0 radical (unpaired) electrons. The van der Waals surface area contributed by atoms with Gasteiger partial charge in [-0.15, -0.1) is 0 Å². The molecule has 0 aliphatic carbocycles. The van der Waals surface area contributed by atoms with Gasteiger partial charge < -0.3 is 4.74 Å². The summed E-state index contributed by atoms with van der Waals surface area (Å²) < 4.78 is 71.1. The van der Waals surface area contributed by atoms with Gasteiger partial charge in [-0.05, 0) is 19.4 Å². The van der Waals surface area contributed by atoms with Crippen molar-refractivity contribution in [3.8, 4) is 17.0 Å². The lowest BCUT2D eigenvalue weighted by Crippen LogP contribution is -2.34. The van der Waals surface area contributed by atoms with Crippen molar-refractivity contribution in [3.05, 3.63) is 29.7 Å². The highest BCUT2D eigenvalue weighted by Crippen LogP contribution is 2.41. The van der Waals surface area contributed by atoms with Crippen LogP contribution in [-0.4, -0.2) is 27.6 Å². The summed E-state index contributed by atoms with van der Waals surface area (Å²) in [5.74, 6) is -0.221. The van der Waals surface area contributed by atoms with Crippen LogP contribution in [0.5, 0.6) is 5.75 Å². The Kier molecular flexibility index (Phi) is 5.58. The fourth-order valence-electron chi connectivity index (χ4n) is 2.57. The first-order valence-electron chi connectivity index (χ1n) is 7.99. The van der Waals surface area contributed by atoms with Crippen molar-refractivity contribution >= 4 is 0 Å². The maximum absolute atomic E-state index is 13.1. The van der Waals surface area contributed by atoms with Gasteiger partial charge in [-0.2, -0.15) is 27.1 Å². The zero-order valence-corrected chi connectivity index (χ0v) is 14.9. The Bertz CT molecular complexity index is 768. The third kappa shape index (κ3) is 4.13. The molecule has 2 heterocycles. The number of ether oxygens (including phenoxy) is 1. The Morgan fingerprint density at radius 3 is 2.38 bits per heavy atom. The molecule has 0 amide bonds. The molecule has 0 fully saturated rings. The van der Waals surface area contributed by atoms with Crippen LogP contribution < -0.4 is 4.74 Å². The first-order valence-corrected chi connectivity index (χ1v) is 7.99. The molecule has 4 nitrogen and oxygen atoms in total. The van der Waals surface area contributed by atoms with E-state index < -0.39 is 24.6 Å². The number of hydrogen-bond acceptors (Lipinski definition) is 3. The summed E-state index contributed by atoms with van der Waals surface area (Å²) in [6.07, 6.45) is -2.07. The highest BCUT2D eigenvalue weighted by Gasteiger charge is 2.47. The Hall–Kier alpha value is -2.19. The maximum atomic E-state index is 13.1. The van der Waals surface area contributed by atoms with Gasteiger partial charge in [0, 0.05) is 30.9 Å². The summed E-state index contributed by atoms with van der Waals surface area (Å²) in [4.78, 5) is 4.05. The fraction of sp³-hybridized carbons (Fsp3) is 0.529. The number of aryl methyl sites for hydroxylation is 2. The van der Waals surface area contributed by atoms with E-state index in [1.165, 1.54) is 6.20 Å². The van der Waals surface area contributed by atoms with Crippen LogP contribution in [0.3, 0.4) is 0 Å². The van der Waals surface area contributed by atoms with Gasteiger partial charge in [0.1, 0.15) is 5.75 Å². The lowest BCUT2D eigenvalue weighted by atomic mass is 9.86. The second-order valence-electron chi connectivity index (χ2n) is 6.60. The topological polar surface area (TPSA) is 39.9 Å². The number of pyridine rings is 1. The van der Waals surface area contributed by atoms with Gasteiger partial charge in [-0.25, -0.2) is 0 Å². The van der Waals surface area contributed by atoms with Crippen LogP contribution in [0.15, 0.2) is 18.5 Å². The summed E-state index contributed by atoms with van der Waals surface area (Å²) >= 11 is 0. The Labute approximate surface area is 148 Å². The van der Waals surface area contributed by atoms with Crippen LogP contribution in [-0.2, 0) is 13.0 Å². The highest BCUT2D eigenvalue weighted by molar-refractivity contribution is 5.69. The first kappa shape index (κ1) is 20.1. The zero-order chi connectivity index (χ0) is 19.7. The third-order valence-electron chi connectivity index (χ3n) is 4.11. The summed E-state index contributed by atoms with van der Waals surface area (Å²) in [5, 5.41) is 4.14. The smallest absolute Gasteiger partial charge is 0.394 e. The third-order valence-corrected chi connectivity index (χ3v) is 4.11. The summed E-state index contributed by atoms with van der Waals surface area (Å²) in [6.45, 7) is 3.02. The summed E-state index contributed by atoms with van der Waals surface area (Å²) in [7, 11) is 0. The number of alkyl halides is 5. The quantitative estimate of drug-likeness (QED) is 0.665. The van der Waals surface area contributed by atoms with Crippen molar-refractivity contribution in [1.29, 1.82) is 0 Å². The van der Waals surface area contributed by atoms with Crippen molar-refractivity contribution < 1.29 is 26.7 Å². The van der Waals surface area contributed by atoms with Crippen LogP contribution >= 0.6 is 0 Å². The molecule has 0 saturated heterocycles. The van der Waals surface area contributed by atoms with Gasteiger partial charge in [0.15, 0.2) is 0 Å². The monoisotopic (exact) mass is 377 g/mol. The van der Waals surface area contributed by atoms with Crippen LogP contribution in [0, 0.1) is 12.3 Å². The van der Waals surface area contributed by atoms with Crippen molar-refractivity contribution in [3.63, 3.8) is 0 Å².